The maximum Gasteiger partial charge on any atom is 0.278 e. The SMILES string of the molecule is COc1ccc(C2=C(Nc3ccc(C)c(Cl)c3)C(=O)N(Cc3ccccn3)C2=O)cc1. The summed E-state index contributed by atoms with van der Waals surface area (Å²) in [6.45, 7) is 1.98. The number of amides is 2. The highest BCUT2D eigenvalue weighted by Gasteiger charge is 2.39. The molecule has 7 heteroatoms. The minimum Gasteiger partial charge on any atom is -0.497 e. The molecule has 0 bridgehead atoms. The zero-order chi connectivity index (χ0) is 22.0. The number of benzene rings is 2. The van der Waals surface area contributed by atoms with Crippen LogP contribution >= 0.6 is 11.6 Å². The molecule has 0 atom stereocenters. The van der Waals surface area contributed by atoms with E-state index in [9.17, 15) is 9.59 Å². The largest absolute Gasteiger partial charge is 0.497 e. The third-order valence-corrected chi connectivity index (χ3v) is 5.44. The van der Waals surface area contributed by atoms with E-state index in [-0.39, 0.29) is 18.1 Å². The lowest BCUT2D eigenvalue weighted by molar-refractivity contribution is -0.137. The number of hydrogen-bond acceptors (Lipinski definition) is 5. The molecule has 6 nitrogen and oxygen atoms in total. The number of methoxy groups -OCH3 is 1. The van der Waals surface area contributed by atoms with Crippen molar-refractivity contribution in [2.75, 3.05) is 12.4 Å². The van der Waals surface area contributed by atoms with Gasteiger partial charge in [-0.05, 0) is 54.4 Å². The molecular weight excluding hydrogens is 414 g/mol. The first kappa shape index (κ1) is 20.6. The summed E-state index contributed by atoms with van der Waals surface area (Å²) < 4.78 is 5.21. The lowest BCUT2D eigenvalue weighted by atomic mass is 10.0. The predicted octanol–water partition coefficient (Wildman–Crippen LogP) is 4.44. The van der Waals surface area contributed by atoms with E-state index in [1.807, 2.05) is 25.1 Å². The Hall–Kier alpha value is -3.64. The van der Waals surface area contributed by atoms with Gasteiger partial charge in [-0.25, -0.2) is 0 Å². The molecule has 1 N–H and O–H groups in total. The minimum atomic E-state index is -0.418. The lowest BCUT2D eigenvalue weighted by Crippen LogP contribution is -2.32. The highest BCUT2D eigenvalue weighted by atomic mass is 35.5. The van der Waals surface area contributed by atoms with Crippen molar-refractivity contribution in [1.29, 1.82) is 0 Å². The van der Waals surface area contributed by atoms with Gasteiger partial charge < -0.3 is 10.1 Å². The molecule has 1 aliphatic rings. The van der Waals surface area contributed by atoms with Crippen LogP contribution in [-0.2, 0) is 16.1 Å². The molecule has 1 aromatic heterocycles. The molecule has 2 heterocycles. The number of carbonyl (C=O) groups excluding carboxylic acids is 2. The number of halogens is 1. The van der Waals surface area contributed by atoms with E-state index in [1.165, 1.54) is 4.90 Å². The van der Waals surface area contributed by atoms with Gasteiger partial charge in [0, 0.05) is 16.9 Å². The fourth-order valence-corrected chi connectivity index (χ4v) is 3.51. The molecule has 31 heavy (non-hydrogen) atoms. The molecule has 156 valence electrons. The molecule has 0 spiro atoms. The number of nitrogens with zero attached hydrogens (tertiary/aromatic N) is 2. The molecule has 1 aliphatic heterocycles. The molecule has 2 aromatic carbocycles. The number of pyridine rings is 1. The number of nitrogens with one attached hydrogen (secondary N) is 1. The number of anilines is 1. The number of imide groups is 1. The summed E-state index contributed by atoms with van der Waals surface area (Å²) in [5, 5.41) is 3.68. The van der Waals surface area contributed by atoms with Crippen molar-refractivity contribution >= 4 is 34.7 Å². The molecular formula is C24H20ClN3O3. The topological polar surface area (TPSA) is 71.5 Å². The second kappa shape index (κ2) is 8.62. The molecule has 0 aliphatic carbocycles. The number of aryl methyl sites for hydroxylation is 1. The number of aromatic nitrogens is 1. The van der Waals surface area contributed by atoms with E-state index in [4.69, 9.17) is 16.3 Å². The Morgan fingerprint density at radius 2 is 1.81 bits per heavy atom. The van der Waals surface area contributed by atoms with Crippen molar-refractivity contribution in [3.05, 3.63) is 94.4 Å². The van der Waals surface area contributed by atoms with Gasteiger partial charge >= 0.3 is 0 Å². The van der Waals surface area contributed by atoms with E-state index < -0.39 is 5.91 Å². The van der Waals surface area contributed by atoms with Gasteiger partial charge in [-0.1, -0.05) is 35.9 Å². The zero-order valence-corrected chi connectivity index (χ0v) is 17.8. The van der Waals surface area contributed by atoms with Crippen LogP contribution in [0.25, 0.3) is 5.57 Å². The van der Waals surface area contributed by atoms with E-state index in [2.05, 4.69) is 10.3 Å². The van der Waals surface area contributed by atoms with Gasteiger partial charge in [0.25, 0.3) is 11.8 Å². The van der Waals surface area contributed by atoms with Gasteiger partial charge in [-0.3, -0.25) is 19.5 Å². The Labute approximate surface area is 185 Å². The Morgan fingerprint density at radius 3 is 2.45 bits per heavy atom. The van der Waals surface area contributed by atoms with Crippen molar-refractivity contribution < 1.29 is 14.3 Å². The van der Waals surface area contributed by atoms with E-state index in [1.54, 1.807) is 55.8 Å². The zero-order valence-electron chi connectivity index (χ0n) is 17.1. The monoisotopic (exact) mass is 433 g/mol. The van der Waals surface area contributed by atoms with Crippen LogP contribution in [0.15, 0.2) is 72.6 Å². The van der Waals surface area contributed by atoms with Crippen molar-refractivity contribution in [2.45, 2.75) is 13.5 Å². The minimum absolute atomic E-state index is 0.0813. The van der Waals surface area contributed by atoms with Gasteiger partial charge in [0.2, 0.25) is 0 Å². The van der Waals surface area contributed by atoms with Crippen LogP contribution in [0.2, 0.25) is 5.02 Å². The van der Waals surface area contributed by atoms with Gasteiger partial charge in [-0.2, -0.15) is 0 Å². The van der Waals surface area contributed by atoms with Crippen LogP contribution in [0.4, 0.5) is 5.69 Å². The van der Waals surface area contributed by atoms with Crippen LogP contribution in [-0.4, -0.2) is 28.8 Å². The quantitative estimate of drug-likeness (QED) is 0.582. The second-order valence-corrected chi connectivity index (χ2v) is 7.49. The number of hydrogen-bond donors (Lipinski definition) is 1. The van der Waals surface area contributed by atoms with Crippen molar-refractivity contribution in [1.82, 2.24) is 9.88 Å². The lowest BCUT2D eigenvalue weighted by Gasteiger charge is -2.15. The van der Waals surface area contributed by atoms with Crippen LogP contribution < -0.4 is 10.1 Å². The third kappa shape index (κ3) is 4.15. The summed E-state index contributed by atoms with van der Waals surface area (Å²) in [6.07, 6.45) is 1.63. The maximum absolute atomic E-state index is 13.3. The highest BCUT2D eigenvalue weighted by molar-refractivity contribution is 6.36. The van der Waals surface area contributed by atoms with Gasteiger partial charge in [0.05, 0.1) is 24.9 Å². The summed E-state index contributed by atoms with van der Waals surface area (Å²) >= 11 is 6.25. The molecule has 4 rings (SSSR count). The molecule has 2 amide bonds. The van der Waals surface area contributed by atoms with E-state index in [0.29, 0.717) is 33.3 Å². The first-order chi connectivity index (χ1) is 15.0. The average molecular weight is 434 g/mol. The normalized spacial score (nSPS) is 13.7. The Bertz CT molecular complexity index is 1170. The maximum atomic E-state index is 13.3. The molecule has 0 unspecified atom stereocenters. The van der Waals surface area contributed by atoms with E-state index in [0.717, 1.165) is 5.56 Å². The van der Waals surface area contributed by atoms with Gasteiger partial charge in [0.15, 0.2) is 0 Å². The Kier molecular flexibility index (Phi) is 5.73. The van der Waals surface area contributed by atoms with Crippen LogP contribution in [0.3, 0.4) is 0 Å². The fraction of sp³-hybridized carbons (Fsp3) is 0.125. The fourth-order valence-electron chi connectivity index (χ4n) is 3.33. The van der Waals surface area contributed by atoms with Gasteiger partial charge in [-0.15, -0.1) is 0 Å². The second-order valence-electron chi connectivity index (χ2n) is 7.08. The van der Waals surface area contributed by atoms with Crippen LogP contribution in [0.5, 0.6) is 5.75 Å². The standard InChI is InChI=1S/C24H20ClN3O3/c1-15-6-9-17(13-20(15)25)27-22-21(16-7-10-19(31-2)11-8-16)23(29)28(24(22)30)14-18-5-3-4-12-26-18/h3-13,27H,14H2,1-2H3. The summed E-state index contributed by atoms with van der Waals surface area (Å²) in [4.78, 5) is 32.0. The van der Waals surface area contributed by atoms with Crippen molar-refractivity contribution in [2.24, 2.45) is 0 Å². The summed E-state index contributed by atoms with van der Waals surface area (Å²) in [5.74, 6) is -0.147. The number of rotatable bonds is 6. The van der Waals surface area contributed by atoms with Crippen molar-refractivity contribution in [3.63, 3.8) is 0 Å². The highest BCUT2D eigenvalue weighted by Crippen LogP contribution is 2.33. The molecule has 3 aromatic rings. The Balaban J connectivity index is 1.75. The third-order valence-electron chi connectivity index (χ3n) is 5.03. The van der Waals surface area contributed by atoms with Crippen LogP contribution in [0, 0.1) is 6.92 Å². The number of carbonyl (C=O) groups is 2. The number of ether oxygens (including phenoxy) is 1. The van der Waals surface area contributed by atoms with Crippen LogP contribution in [0.1, 0.15) is 16.8 Å². The molecule has 0 radical (unpaired) electrons. The smallest absolute Gasteiger partial charge is 0.278 e. The Morgan fingerprint density at radius 1 is 1.03 bits per heavy atom. The molecule has 0 saturated heterocycles. The van der Waals surface area contributed by atoms with Crippen molar-refractivity contribution in [3.8, 4) is 5.75 Å². The summed E-state index contributed by atoms with van der Waals surface area (Å²) in [6, 6.07) is 17.8. The average Bonchev–Trinajstić information content (AvgIpc) is 3.01. The van der Waals surface area contributed by atoms with Gasteiger partial charge in [0.1, 0.15) is 11.4 Å². The molecule has 0 saturated carbocycles. The summed E-state index contributed by atoms with van der Waals surface area (Å²) in [5.41, 5.74) is 3.27. The molecule has 0 fully saturated rings. The first-order valence-electron chi connectivity index (χ1n) is 9.66. The summed E-state index contributed by atoms with van der Waals surface area (Å²) in [7, 11) is 1.57. The van der Waals surface area contributed by atoms with E-state index >= 15 is 0 Å². The first-order valence-corrected chi connectivity index (χ1v) is 10.0. The predicted molar refractivity (Wildman–Crippen MR) is 120 cm³/mol.